The molecule has 0 radical (unpaired) electrons. The first-order chi connectivity index (χ1) is 6.59. The molecular formula is C9H12FN3O. The van der Waals surface area contributed by atoms with Crippen LogP contribution in [0.15, 0.2) is 18.3 Å². The van der Waals surface area contributed by atoms with Crippen molar-refractivity contribution in [2.75, 3.05) is 6.54 Å². The van der Waals surface area contributed by atoms with Crippen molar-refractivity contribution in [1.82, 2.24) is 10.3 Å². The highest BCUT2D eigenvalue weighted by Crippen LogP contribution is 1.98. The average Bonchev–Trinajstić information content (AvgIpc) is 2.15. The summed E-state index contributed by atoms with van der Waals surface area (Å²) < 4.78 is 12.4. The fourth-order valence-corrected chi connectivity index (χ4v) is 0.866. The maximum absolute atomic E-state index is 12.4. The van der Waals surface area contributed by atoms with Crippen molar-refractivity contribution in [2.45, 2.75) is 13.0 Å². The molecule has 5 heteroatoms. The maximum Gasteiger partial charge on any atom is 0.252 e. The second-order valence-electron chi connectivity index (χ2n) is 3.06. The lowest BCUT2D eigenvalue weighted by molar-refractivity contribution is 0.0951. The Bertz CT molecular complexity index is 310. The Balaban J connectivity index is 2.57. The Morgan fingerprint density at radius 2 is 2.43 bits per heavy atom. The number of amides is 1. The van der Waals surface area contributed by atoms with Crippen LogP contribution in [0.25, 0.3) is 0 Å². The molecule has 1 aromatic heterocycles. The smallest absolute Gasteiger partial charge is 0.252 e. The van der Waals surface area contributed by atoms with Crippen molar-refractivity contribution in [3.05, 3.63) is 29.8 Å². The first-order valence-corrected chi connectivity index (χ1v) is 4.25. The minimum Gasteiger partial charge on any atom is -0.350 e. The van der Waals surface area contributed by atoms with E-state index in [1.165, 1.54) is 12.3 Å². The van der Waals surface area contributed by atoms with Gasteiger partial charge in [-0.3, -0.25) is 4.79 Å². The summed E-state index contributed by atoms with van der Waals surface area (Å²) in [4.78, 5) is 14.7. The number of halogens is 1. The highest BCUT2D eigenvalue weighted by Gasteiger charge is 2.05. The Morgan fingerprint density at radius 3 is 2.93 bits per heavy atom. The molecule has 0 aliphatic rings. The number of carbonyl (C=O) groups is 1. The van der Waals surface area contributed by atoms with E-state index in [4.69, 9.17) is 5.73 Å². The fraction of sp³-hybridized carbons (Fsp3) is 0.333. The summed E-state index contributed by atoms with van der Waals surface area (Å²) in [5, 5.41) is 2.59. The van der Waals surface area contributed by atoms with Gasteiger partial charge in [-0.05, 0) is 19.1 Å². The number of carbonyl (C=O) groups excluding carboxylic acids is 1. The molecule has 0 bridgehead atoms. The summed E-state index contributed by atoms with van der Waals surface area (Å²) >= 11 is 0. The third kappa shape index (κ3) is 3.10. The van der Waals surface area contributed by atoms with Crippen molar-refractivity contribution < 1.29 is 9.18 Å². The molecule has 4 nitrogen and oxygen atoms in total. The second kappa shape index (κ2) is 4.66. The molecule has 14 heavy (non-hydrogen) atoms. The minimum atomic E-state index is -0.603. The minimum absolute atomic E-state index is 0.104. The Morgan fingerprint density at radius 1 is 1.71 bits per heavy atom. The Kier molecular flexibility index (Phi) is 3.53. The molecule has 76 valence electrons. The standard InChI is InChI=1S/C9H12FN3O/c1-6(11)4-13-9(14)7-2-3-8(10)12-5-7/h2-3,5-6H,4,11H2,1H3,(H,13,14). The van der Waals surface area contributed by atoms with Gasteiger partial charge in [0.2, 0.25) is 5.95 Å². The van der Waals surface area contributed by atoms with Crippen molar-refractivity contribution >= 4 is 5.91 Å². The van der Waals surface area contributed by atoms with E-state index in [1.54, 1.807) is 6.92 Å². The zero-order chi connectivity index (χ0) is 10.6. The third-order valence-corrected chi connectivity index (χ3v) is 1.57. The number of nitrogens with two attached hydrogens (primary N) is 1. The van der Waals surface area contributed by atoms with Crippen molar-refractivity contribution in [1.29, 1.82) is 0 Å². The zero-order valence-electron chi connectivity index (χ0n) is 7.83. The molecule has 0 aliphatic heterocycles. The first-order valence-electron chi connectivity index (χ1n) is 4.25. The summed E-state index contributed by atoms with van der Waals surface area (Å²) in [6, 6.07) is 2.41. The van der Waals surface area contributed by atoms with Crippen LogP contribution in [-0.4, -0.2) is 23.5 Å². The summed E-state index contributed by atoms with van der Waals surface area (Å²) in [6.45, 7) is 2.17. The van der Waals surface area contributed by atoms with Crippen LogP contribution in [0.1, 0.15) is 17.3 Å². The van der Waals surface area contributed by atoms with E-state index in [9.17, 15) is 9.18 Å². The molecule has 0 saturated heterocycles. The maximum atomic E-state index is 12.4. The normalized spacial score (nSPS) is 12.2. The number of hydrogen-bond donors (Lipinski definition) is 2. The molecule has 1 amide bonds. The number of aromatic nitrogens is 1. The van der Waals surface area contributed by atoms with Gasteiger partial charge in [0.05, 0.1) is 5.56 Å². The first kappa shape index (κ1) is 10.6. The second-order valence-corrected chi connectivity index (χ2v) is 3.06. The van der Waals surface area contributed by atoms with Gasteiger partial charge in [-0.2, -0.15) is 4.39 Å². The third-order valence-electron chi connectivity index (χ3n) is 1.57. The van der Waals surface area contributed by atoms with Crippen LogP contribution in [0.4, 0.5) is 4.39 Å². The van der Waals surface area contributed by atoms with Gasteiger partial charge in [0.1, 0.15) is 0 Å². The van der Waals surface area contributed by atoms with Crippen LogP contribution in [0.3, 0.4) is 0 Å². The van der Waals surface area contributed by atoms with Gasteiger partial charge < -0.3 is 11.1 Å². The largest absolute Gasteiger partial charge is 0.350 e. The number of nitrogens with zero attached hydrogens (tertiary/aromatic N) is 1. The fourth-order valence-electron chi connectivity index (χ4n) is 0.866. The molecule has 1 aromatic rings. The van der Waals surface area contributed by atoms with Crippen LogP contribution in [0, 0.1) is 5.95 Å². The Labute approximate surface area is 81.3 Å². The molecule has 1 rings (SSSR count). The molecule has 1 atom stereocenters. The molecule has 1 heterocycles. The van der Waals surface area contributed by atoms with Gasteiger partial charge >= 0.3 is 0 Å². The predicted molar refractivity (Wildman–Crippen MR) is 50.2 cm³/mol. The Hall–Kier alpha value is -1.49. The van der Waals surface area contributed by atoms with Gasteiger partial charge in [-0.25, -0.2) is 4.98 Å². The van der Waals surface area contributed by atoms with Gasteiger partial charge in [0, 0.05) is 18.8 Å². The van der Waals surface area contributed by atoms with Gasteiger partial charge in [-0.15, -0.1) is 0 Å². The molecule has 0 saturated carbocycles. The highest BCUT2D eigenvalue weighted by molar-refractivity contribution is 5.93. The number of pyridine rings is 1. The van der Waals surface area contributed by atoms with E-state index in [0.717, 1.165) is 6.07 Å². The predicted octanol–water partition coefficient (Wildman–Crippen LogP) is 0.298. The van der Waals surface area contributed by atoms with Crippen molar-refractivity contribution in [3.63, 3.8) is 0 Å². The molecule has 0 spiro atoms. The van der Waals surface area contributed by atoms with E-state index in [2.05, 4.69) is 10.3 Å². The van der Waals surface area contributed by atoms with Crippen molar-refractivity contribution in [3.8, 4) is 0 Å². The highest BCUT2D eigenvalue weighted by atomic mass is 19.1. The van der Waals surface area contributed by atoms with Crippen LogP contribution in [-0.2, 0) is 0 Å². The lowest BCUT2D eigenvalue weighted by atomic mass is 10.2. The zero-order valence-corrected chi connectivity index (χ0v) is 7.83. The summed E-state index contributed by atoms with van der Waals surface area (Å²) in [6.07, 6.45) is 1.19. The molecule has 0 aliphatic carbocycles. The van der Waals surface area contributed by atoms with E-state index >= 15 is 0 Å². The molecular weight excluding hydrogens is 185 g/mol. The number of hydrogen-bond acceptors (Lipinski definition) is 3. The molecule has 1 unspecified atom stereocenters. The average molecular weight is 197 g/mol. The quantitative estimate of drug-likeness (QED) is 0.685. The van der Waals surface area contributed by atoms with Gasteiger partial charge in [0.25, 0.3) is 5.91 Å². The lowest BCUT2D eigenvalue weighted by Crippen LogP contribution is -2.35. The van der Waals surface area contributed by atoms with Gasteiger partial charge in [-0.1, -0.05) is 0 Å². The summed E-state index contributed by atoms with van der Waals surface area (Å²) in [5.41, 5.74) is 5.78. The summed E-state index contributed by atoms with van der Waals surface area (Å²) in [5.74, 6) is -0.899. The van der Waals surface area contributed by atoms with Crippen molar-refractivity contribution in [2.24, 2.45) is 5.73 Å². The number of rotatable bonds is 3. The molecule has 0 fully saturated rings. The molecule has 0 aromatic carbocycles. The SMILES string of the molecule is CC(N)CNC(=O)c1ccc(F)nc1. The van der Waals surface area contributed by atoms with E-state index in [1.807, 2.05) is 0 Å². The number of nitrogens with one attached hydrogen (secondary N) is 1. The van der Waals surface area contributed by atoms with Crippen LogP contribution >= 0.6 is 0 Å². The molecule has 3 N–H and O–H groups in total. The van der Waals surface area contributed by atoms with Crippen LogP contribution in [0.2, 0.25) is 0 Å². The summed E-state index contributed by atoms with van der Waals surface area (Å²) in [7, 11) is 0. The van der Waals surface area contributed by atoms with Crippen LogP contribution < -0.4 is 11.1 Å². The van der Waals surface area contributed by atoms with E-state index < -0.39 is 5.95 Å². The van der Waals surface area contributed by atoms with E-state index in [0.29, 0.717) is 12.1 Å². The topological polar surface area (TPSA) is 68.0 Å². The van der Waals surface area contributed by atoms with Gasteiger partial charge in [0.15, 0.2) is 0 Å². The van der Waals surface area contributed by atoms with E-state index in [-0.39, 0.29) is 11.9 Å². The monoisotopic (exact) mass is 197 g/mol. The lowest BCUT2D eigenvalue weighted by Gasteiger charge is -2.06. The van der Waals surface area contributed by atoms with Crippen LogP contribution in [0.5, 0.6) is 0 Å².